The van der Waals surface area contributed by atoms with E-state index in [0.29, 0.717) is 24.2 Å². The van der Waals surface area contributed by atoms with Gasteiger partial charge in [-0.25, -0.2) is 0 Å². The molecule has 2 fully saturated rings. The van der Waals surface area contributed by atoms with Crippen LogP contribution in [0.1, 0.15) is 54.0 Å². The van der Waals surface area contributed by atoms with Gasteiger partial charge in [0.15, 0.2) is 6.33 Å². The van der Waals surface area contributed by atoms with Crippen molar-refractivity contribution in [2.45, 2.75) is 50.5 Å². The van der Waals surface area contributed by atoms with Gasteiger partial charge in [-0.15, -0.1) is 12.4 Å². The molecule has 46 heavy (non-hydrogen) atoms. The molecule has 5 aromatic rings. The molecule has 5 unspecified atom stereocenters. The van der Waals surface area contributed by atoms with Gasteiger partial charge in [0.2, 0.25) is 11.7 Å². The smallest absolute Gasteiger partial charge is 0.257 e. The van der Waals surface area contributed by atoms with Crippen molar-refractivity contribution >= 4 is 12.4 Å². The summed E-state index contributed by atoms with van der Waals surface area (Å²) in [7, 11) is 0. The first kappa shape index (κ1) is 32.0. The van der Waals surface area contributed by atoms with E-state index in [1.54, 1.807) is 6.92 Å². The Bertz CT molecular complexity index is 1650. The minimum atomic E-state index is -0.116. The highest BCUT2D eigenvalue weighted by atomic mass is 35.5. The van der Waals surface area contributed by atoms with Crippen molar-refractivity contribution in [3.05, 3.63) is 108 Å². The minimum Gasteiger partial charge on any atom is -0.373 e. The number of rotatable bonds is 7. The predicted octanol–water partition coefficient (Wildman–Crippen LogP) is 6.18. The highest BCUT2D eigenvalue weighted by molar-refractivity contribution is 5.85. The second-order valence-electron chi connectivity index (χ2n) is 11.9. The average molecular weight is 643 g/mol. The number of aromatic nitrogens is 4. The van der Waals surface area contributed by atoms with Crippen molar-refractivity contribution in [1.29, 1.82) is 0 Å². The molecule has 240 valence electrons. The van der Waals surface area contributed by atoms with Crippen LogP contribution >= 0.6 is 12.4 Å². The van der Waals surface area contributed by atoms with Crippen LogP contribution in [0.5, 0.6) is 0 Å². The summed E-state index contributed by atoms with van der Waals surface area (Å²) in [6.07, 6.45) is 2.02. The van der Waals surface area contributed by atoms with Crippen molar-refractivity contribution < 1.29 is 18.5 Å². The van der Waals surface area contributed by atoms with Crippen LogP contribution in [0.4, 0.5) is 0 Å². The van der Waals surface area contributed by atoms with Gasteiger partial charge in [0, 0.05) is 56.2 Å². The summed E-state index contributed by atoms with van der Waals surface area (Å²) in [6, 6.07) is 27.6. The molecular weight excluding hydrogens is 604 g/mol. The molecule has 2 aliphatic rings. The zero-order valence-corrected chi connectivity index (χ0v) is 26.8. The zero-order valence-electron chi connectivity index (χ0n) is 26.0. The van der Waals surface area contributed by atoms with Crippen molar-refractivity contribution in [1.82, 2.24) is 30.5 Å². The lowest BCUT2D eigenvalue weighted by Gasteiger charge is -2.33. The fourth-order valence-corrected chi connectivity index (χ4v) is 6.34. The molecule has 0 saturated carbocycles. The number of benzene rings is 3. The Labute approximate surface area is 274 Å². The molecule has 4 heterocycles. The van der Waals surface area contributed by atoms with Crippen molar-refractivity contribution in [2.75, 3.05) is 32.8 Å². The Morgan fingerprint density at radius 2 is 1.63 bits per heavy atom. The molecule has 5 atom stereocenters. The van der Waals surface area contributed by atoms with Crippen LogP contribution in [0.15, 0.2) is 94.2 Å². The lowest BCUT2D eigenvalue weighted by molar-refractivity contribution is -0.0979. The molecule has 0 bridgehead atoms. The maximum absolute atomic E-state index is 6.98. The lowest BCUT2D eigenvalue weighted by atomic mass is 9.99. The van der Waals surface area contributed by atoms with E-state index >= 15 is 0 Å². The first-order valence-corrected chi connectivity index (χ1v) is 15.6. The molecule has 0 spiro atoms. The Hall–Kier alpha value is -3.93. The first-order chi connectivity index (χ1) is 22.1. The van der Waals surface area contributed by atoms with Gasteiger partial charge in [-0.1, -0.05) is 77.0 Å². The van der Waals surface area contributed by atoms with Crippen LogP contribution in [0.2, 0.25) is 0 Å². The molecule has 10 nitrogen and oxygen atoms in total. The summed E-state index contributed by atoms with van der Waals surface area (Å²) in [5, 5.41) is 11.5. The Morgan fingerprint density at radius 1 is 0.870 bits per heavy atom. The van der Waals surface area contributed by atoms with E-state index in [0.717, 1.165) is 49.3 Å². The van der Waals surface area contributed by atoms with Crippen LogP contribution in [-0.2, 0) is 9.47 Å². The first-order valence-electron chi connectivity index (χ1n) is 15.6. The third-order valence-electron chi connectivity index (χ3n) is 8.98. The van der Waals surface area contributed by atoms with Gasteiger partial charge in [-0.05, 0) is 42.2 Å². The van der Waals surface area contributed by atoms with Crippen LogP contribution in [0.25, 0.3) is 22.8 Å². The van der Waals surface area contributed by atoms with Gasteiger partial charge < -0.3 is 23.8 Å². The van der Waals surface area contributed by atoms with E-state index in [1.165, 1.54) is 17.5 Å². The molecule has 0 aliphatic carbocycles. The molecule has 0 radical (unpaired) electrons. The van der Waals surface area contributed by atoms with E-state index in [9.17, 15) is 0 Å². The molecule has 2 aromatic heterocycles. The number of ether oxygens (including phenoxy) is 2. The van der Waals surface area contributed by atoms with Crippen LogP contribution in [-0.4, -0.2) is 70.2 Å². The molecule has 2 saturated heterocycles. The van der Waals surface area contributed by atoms with Gasteiger partial charge in [0.1, 0.15) is 0 Å². The quantitative estimate of drug-likeness (QED) is 0.221. The zero-order chi connectivity index (χ0) is 30.6. The standard InChI is InChI=1S/C35H38N6O4.ClH/c1-23(25-6-4-3-5-7-25)41-17-16-31(27-10-12-28(13-11-27)34-39-24(2)44-40-34)43-33(20-41)32-19-36-18-30(21-42-32)26-8-14-29(15-9-26)35-37-22-38-45-35;/h3-15,22-23,30-33,36H,16-21H2,1-2H3;1H. The lowest BCUT2D eigenvalue weighted by Crippen LogP contribution is -2.45. The minimum absolute atomic E-state index is 0. The monoisotopic (exact) mass is 642 g/mol. The van der Waals surface area contributed by atoms with E-state index in [1.807, 2.05) is 24.3 Å². The van der Waals surface area contributed by atoms with Crippen LogP contribution in [0.3, 0.4) is 0 Å². The molecule has 1 N–H and O–H groups in total. The van der Waals surface area contributed by atoms with Crippen molar-refractivity contribution in [3.63, 3.8) is 0 Å². The second-order valence-corrected chi connectivity index (χ2v) is 11.9. The van der Waals surface area contributed by atoms with E-state index < -0.39 is 0 Å². The molecule has 7 rings (SSSR count). The van der Waals surface area contributed by atoms with Gasteiger partial charge in [-0.3, -0.25) is 4.90 Å². The molecule has 11 heteroatoms. The maximum Gasteiger partial charge on any atom is 0.257 e. The van der Waals surface area contributed by atoms with Gasteiger partial charge in [0.25, 0.3) is 5.89 Å². The normalized spacial score (nSPS) is 23.2. The number of aryl methyl sites for hydroxylation is 1. The highest BCUT2D eigenvalue weighted by Gasteiger charge is 2.35. The number of hydrogen-bond donors (Lipinski definition) is 1. The van der Waals surface area contributed by atoms with Crippen molar-refractivity contribution in [3.8, 4) is 22.8 Å². The average Bonchev–Trinajstić information content (AvgIpc) is 3.65. The third kappa shape index (κ3) is 7.22. The number of nitrogens with one attached hydrogen (secondary N) is 1. The largest absolute Gasteiger partial charge is 0.373 e. The summed E-state index contributed by atoms with van der Waals surface area (Å²) < 4.78 is 24.1. The van der Waals surface area contributed by atoms with Crippen LogP contribution < -0.4 is 5.32 Å². The second kappa shape index (κ2) is 14.7. The van der Waals surface area contributed by atoms with E-state index in [4.69, 9.17) is 18.5 Å². The summed E-state index contributed by atoms with van der Waals surface area (Å²) in [5.41, 5.74) is 5.48. The fraction of sp³-hybridized carbons (Fsp3) is 0.371. The topological polar surface area (TPSA) is 112 Å². The highest BCUT2D eigenvalue weighted by Crippen LogP contribution is 2.33. The molecule has 0 amide bonds. The molecule has 3 aromatic carbocycles. The molecular formula is C35H39ClN6O4. The summed E-state index contributed by atoms with van der Waals surface area (Å²) in [6.45, 7) is 7.93. The van der Waals surface area contributed by atoms with E-state index in [2.05, 4.69) is 92.0 Å². The third-order valence-corrected chi connectivity index (χ3v) is 8.98. The van der Waals surface area contributed by atoms with Gasteiger partial charge in [-0.2, -0.15) is 9.97 Å². The van der Waals surface area contributed by atoms with Crippen molar-refractivity contribution in [2.24, 2.45) is 0 Å². The Morgan fingerprint density at radius 3 is 2.35 bits per heavy atom. The number of nitrogens with zero attached hydrogens (tertiary/aromatic N) is 5. The fourth-order valence-electron chi connectivity index (χ4n) is 6.34. The van der Waals surface area contributed by atoms with Gasteiger partial charge >= 0.3 is 0 Å². The van der Waals surface area contributed by atoms with Gasteiger partial charge in [0.05, 0.1) is 24.9 Å². The maximum atomic E-state index is 6.98. The number of hydrogen-bond acceptors (Lipinski definition) is 10. The summed E-state index contributed by atoms with van der Waals surface area (Å²) >= 11 is 0. The van der Waals surface area contributed by atoms with Crippen LogP contribution in [0, 0.1) is 6.92 Å². The Balaban J connectivity index is 0.00000372. The SMILES string of the molecule is Cc1nc(-c2ccc(C3CCN(C(C)c4ccccc4)CC(C4CNCC(c5ccc(-c6ncno6)cc5)CO4)O3)cc2)no1.Cl. The molecule has 2 aliphatic heterocycles. The summed E-state index contributed by atoms with van der Waals surface area (Å²) in [5.74, 6) is 1.88. The predicted molar refractivity (Wildman–Crippen MR) is 175 cm³/mol. The Kier molecular flexibility index (Phi) is 10.2. The summed E-state index contributed by atoms with van der Waals surface area (Å²) in [4.78, 5) is 11.1. The number of halogens is 1. The van der Waals surface area contributed by atoms with E-state index in [-0.39, 0.29) is 42.7 Å².